The zero-order valence-electron chi connectivity index (χ0n) is 17.3. The Labute approximate surface area is 175 Å². The maximum absolute atomic E-state index is 11.9. The van der Waals surface area contributed by atoms with Crippen molar-refractivity contribution < 1.29 is 39.5 Å². The van der Waals surface area contributed by atoms with Crippen molar-refractivity contribution in [2.75, 3.05) is 13.2 Å². The number of ketones is 1. The number of ether oxygens (including phenoxy) is 2. The second-order valence-corrected chi connectivity index (χ2v) is 7.66. The van der Waals surface area contributed by atoms with Gasteiger partial charge in [0.05, 0.1) is 24.4 Å². The molecule has 1 rings (SSSR count). The first-order chi connectivity index (χ1) is 13.9. The molecule has 0 radical (unpaired) electrons. The summed E-state index contributed by atoms with van der Waals surface area (Å²) in [6.07, 6.45) is -4.41. The van der Waals surface area contributed by atoms with Crippen LogP contribution in [0.2, 0.25) is 0 Å². The molecule has 7 atom stereocenters. The van der Waals surface area contributed by atoms with Gasteiger partial charge in [-0.05, 0) is 19.8 Å². The first kappa shape index (κ1) is 26.2. The highest BCUT2D eigenvalue weighted by Crippen LogP contribution is 2.36. The Morgan fingerprint density at radius 3 is 2.50 bits per heavy atom. The van der Waals surface area contributed by atoms with Gasteiger partial charge >= 0.3 is 5.97 Å². The van der Waals surface area contributed by atoms with Crippen molar-refractivity contribution in [3.63, 3.8) is 0 Å². The minimum atomic E-state index is -2.22. The van der Waals surface area contributed by atoms with Crippen LogP contribution in [0.15, 0.2) is 4.99 Å². The number of hydrogen-bond donors (Lipinski definition) is 7. The standard InChI is InChI=1S/C18H34N4O8/c1-9(23)15-13(26)7-18(28,10(2)24)30-14(15)6-11(25)8-29-16(27)12(19)4-3-5-22-17(20)21/h9,11-15,23,25-26,28H,3-8,19H2,1-2H3,(H4,20,21,22)/t9?,11-,12+,13?,14?,15?,18?/m0/s1. The van der Waals surface area contributed by atoms with Crippen LogP contribution in [0, 0.1) is 5.92 Å². The molecule has 12 nitrogen and oxygen atoms in total. The molecule has 1 fully saturated rings. The Kier molecular flexibility index (Phi) is 10.1. The lowest BCUT2D eigenvalue weighted by Gasteiger charge is -2.44. The molecule has 0 aliphatic carbocycles. The van der Waals surface area contributed by atoms with E-state index in [4.69, 9.17) is 26.7 Å². The van der Waals surface area contributed by atoms with Crippen molar-refractivity contribution in [2.24, 2.45) is 28.1 Å². The van der Waals surface area contributed by atoms with Crippen LogP contribution in [-0.2, 0) is 19.1 Å². The Balaban J connectivity index is 2.59. The maximum Gasteiger partial charge on any atom is 0.322 e. The van der Waals surface area contributed by atoms with E-state index in [-0.39, 0.29) is 18.8 Å². The first-order valence-electron chi connectivity index (χ1n) is 9.80. The van der Waals surface area contributed by atoms with Crippen LogP contribution in [-0.4, -0.2) is 87.5 Å². The van der Waals surface area contributed by atoms with E-state index in [1.807, 2.05) is 0 Å². The minimum absolute atomic E-state index is 0.0588. The largest absolute Gasteiger partial charge is 0.462 e. The summed E-state index contributed by atoms with van der Waals surface area (Å²) < 4.78 is 10.4. The van der Waals surface area contributed by atoms with Crippen molar-refractivity contribution in [1.82, 2.24) is 0 Å². The summed E-state index contributed by atoms with van der Waals surface area (Å²) in [7, 11) is 0. The average Bonchev–Trinajstić information content (AvgIpc) is 2.61. The smallest absolute Gasteiger partial charge is 0.322 e. The predicted octanol–water partition coefficient (Wildman–Crippen LogP) is -2.91. The molecule has 0 bridgehead atoms. The summed E-state index contributed by atoms with van der Waals surface area (Å²) in [5.41, 5.74) is 16.1. The predicted molar refractivity (Wildman–Crippen MR) is 106 cm³/mol. The summed E-state index contributed by atoms with van der Waals surface area (Å²) in [6, 6.07) is -0.924. The number of rotatable bonds is 11. The fourth-order valence-corrected chi connectivity index (χ4v) is 3.37. The highest BCUT2D eigenvalue weighted by molar-refractivity contribution is 5.83. The summed E-state index contributed by atoms with van der Waals surface area (Å²) in [5.74, 6) is -4.56. The van der Waals surface area contributed by atoms with Gasteiger partial charge in [-0.15, -0.1) is 0 Å². The Morgan fingerprint density at radius 1 is 1.33 bits per heavy atom. The van der Waals surface area contributed by atoms with Crippen LogP contribution in [0.4, 0.5) is 0 Å². The van der Waals surface area contributed by atoms with Gasteiger partial charge in [-0.2, -0.15) is 0 Å². The maximum atomic E-state index is 11.9. The van der Waals surface area contributed by atoms with E-state index >= 15 is 0 Å². The number of aliphatic imine (C=N–C) groups is 1. The summed E-state index contributed by atoms with van der Waals surface area (Å²) in [5, 5.41) is 40.8. The number of Topliss-reactive ketones (excluding diaryl/α,β-unsaturated/α-hetero) is 1. The number of hydrogen-bond acceptors (Lipinski definition) is 10. The highest BCUT2D eigenvalue weighted by Gasteiger charge is 2.50. The van der Waals surface area contributed by atoms with Gasteiger partial charge in [-0.25, -0.2) is 0 Å². The number of aliphatic hydroxyl groups is 4. The number of nitrogens with two attached hydrogens (primary N) is 3. The van der Waals surface area contributed by atoms with Crippen molar-refractivity contribution in [3.05, 3.63) is 0 Å². The Hall–Kier alpha value is -1.83. The third kappa shape index (κ3) is 7.78. The molecule has 1 aliphatic heterocycles. The topological polar surface area (TPSA) is 224 Å². The molecule has 1 saturated heterocycles. The summed E-state index contributed by atoms with van der Waals surface area (Å²) in [6.45, 7) is 2.43. The van der Waals surface area contributed by atoms with Crippen LogP contribution in [0.1, 0.15) is 39.5 Å². The Morgan fingerprint density at radius 2 is 1.97 bits per heavy atom. The number of aliphatic hydroxyl groups excluding tert-OH is 3. The molecule has 0 amide bonds. The van der Waals surface area contributed by atoms with E-state index < -0.39 is 66.9 Å². The minimum Gasteiger partial charge on any atom is -0.462 e. The lowest BCUT2D eigenvalue weighted by Crippen LogP contribution is -2.58. The van der Waals surface area contributed by atoms with Crippen molar-refractivity contribution >= 4 is 17.7 Å². The number of nitrogens with zero attached hydrogens (tertiary/aromatic N) is 1. The lowest BCUT2D eigenvalue weighted by molar-refractivity contribution is -0.285. The fourth-order valence-electron chi connectivity index (χ4n) is 3.37. The van der Waals surface area contributed by atoms with Crippen LogP contribution in [0.25, 0.3) is 0 Å². The molecule has 0 saturated carbocycles. The van der Waals surface area contributed by atoms with E-state index in [2.05, 4.69) is 4.99 Å². The quantitative estimate of drug-likeness (QED) is 0.0754. The van der Waals surface area contributed by atoms with Gasteiger partial charge in [-0.1, -0.05) is 0 Å². The van der Waals surface area contributed by atoms with E-state index in [0.717, 1.165) is 6.92 Å². The molecule has 1 heterocycles. The summed E-state index contributed by atoms with van der Waals surface area (Å²) >= 11 is 0. The highest BCUT2D eigenvalue weighted by atomic mass is 16.6. The van der Waals surface area contributed by atoms with E-state index in [0.29, 0.717) is 13.0 Å². The van der Waals surface area contributed by atoms with Crippen LogP contribution in [0.5, 0.6) is 0 Å². The first-order valence-corrected chi connectivity index (χ1v) is 9.80. The lowest BCUT2D eigenvalue weighted by atomic mass is 9.81. The van der Waals surface area contributed by atoms with Crippen LogP contribution >= 0.6 is 0 Å². The van der Waals surface area contributed by atoms with Gasteiger partial charge in [0.2, 0.25) is 5.79 Å². The molecule has 0 aromatic heterocycles. The third-order valence-electron chi connectivity index (χ3n) is 5.01. The van der Waals surface area contributed by atoms with Gasteiger partial charge in [0.15, 0.2) is 11.7 Å². The van der Waals surface area contributed by atoms with E-state index in [1.54, 1.807) is 0 Å². The molecule has 12 heteroatoms. The van der Waals surface area contributed by atoms with Crippen molar-refractivity contribution in [2.45, 2.75) is 75.8 Å². The second-order valence-electron chi connectivity index (χ2n) is 7.66. The zero-order valence-corrected chi connectivity index (χ0v) is 17.3. The molecule has 0 aromatic rings. The van der Waals surface area contributed by atoms with Crippen molar-refractivity contribution in [3.8, 4) is 0 Å². The monoisotopic (exact) mass is 434 g/mol. The second kappa shape index (κ2) is 11.5. The van der Waals surface area contributed by atoms with Gasteiger partial charge in [-0.3, -0.25) is 14.6 Å². The molecule has 5 unspecified atom stereocenters. The summed E-state index contributed by atoms with van der Waals surface area (Å²) in [4.78, 5) is 27.4. The Bertz CT molecular complexity index is 613. The van der Waals surface area contributed by atoms with Gasteiger partial charge < -0.3 is 47.1 Å². The number of guanidine groups is 1. The average molecular weight is 434 g/mol. The number of carbonyl (C=O) groups is 2. The van der Waals surface area contributed by atoms with Gasteiger partial charge in [0.25, 0.3) is 0 Å². The van der Waals surface area contributed by atoms with E-state index in [1.165, 1.54) is 6.92 Å². The molecule has 10 N–H and O–H groups in total. The molecule has 30 heavy (non-hydrogen) atoms. The molecule has 174 valence electrons. The third-order valence-corrected chi connectivity index (χ3v) is 5.01. The van der Waals surface area contributed by atoms with Gasteiger partial charge in [0.1, 0.15) is 12.6 Å². The fraction of sp³-hybridized carbons (Fsp3) is 0.833. The molecule has 1 aliphatic rings. The van der Waals surface area contributed by atoms with Crippen LogP contribution < -0.4 is 17.2 Å². The molecule has 0 aromatic carbocycles. The number of carbonyl (C=O) groups excluding carboxylic acids is 2. The molecular weight excluding hydrogens is 400 g/mol. The molecule has 0 spiro atoms. The zero-order chi connectivity index (χ0) is 23.1. The SMILES string of the molecule is CC(=O)C1(O)CC(O)C(C(C)O)C(C[C@H](O)COC(=O)[C@H](N)CCCN=C(N)N)O1. The molecular formula is C18H34N4O8. The van der Waals surface area contributed by atoms with Crippen molar-refractivity contribution in [1.29, 1.82) is 0 Å². The number of esters is 1. The van der Waals surface area contributed by atoms with E-state index in [9.17, 15) is 30.0 Å². The van der Waals surface area contributed by atoms with Gasteiger partial charge in [0, 0.05) is 32.2 Å². The van der Waals surface area contributed by atoms with Crippen LogP contribution in [0.3, 0.4) is 0 Å². The normalized spacial score (nSPS) is 29.5.